The fourth-order valence-corrected chi connectivity index (χ4v) is 12.1. The molecule has 0 atom stereocenters. The lowest BCUT2D eigenvalue weighted by Crippen LogP contribution is -2.28. The molecule has 1 aliphatic carbocycles. The predicted molar refractivity (Wildman–Crippen MR) is 271 cm³/mol. The van der Waals surface area contributed by atoms with E-state index in [2.05, 4.69) is 252 Å². The quantitative estimate of drug-likeness (QED) is 0.155. The maximum Gasteiger partial charge on any atom is 0.0808 e. The summed E-state index contributed by atoms with van der Waals surface area (Å²) in [6.45, 7) is 0. The van der Waals surface area contributed by atoms with Gasteiger partial charge < -0.3 is 9.47 Å². The van der Waals surface area contributed by atoms with Crippen LogP contribution in [0.5, 0.6) is 0 Å². The van der Waals surface area contributed by atoms with Crippen LogP contribution < -0.4 is 4.90 Å². The number of anilines is 3. The molecule has 0 aliphatic heterocycles. The number of aromatic nitrogens is 1. The van der Waals surface area contributed by atoms with Crippen LogP contribution in [0.3, 0.4) is 0 Å². The Morgan fingerprint density at radius 1 is 0.406 bits per heavy atom. The van der Waals surface area contributed by atoms with Crippen molar-refractivity contribution >= 4 is 71.1 Å². The second-order valence-electron chi connectivity index (χ2n) is 16.8. The van der Waals surface area contributed by atoms with Crippen molar-refractivity contribution in [3.8, 4) is 27.9 Å². The third kappa shape index (κ3) is 5.44. The van der Waals surface area contributed by atoms with Gasteiger partial charge >= 0.3 is 0 Å². The summed E-state index contributed by atoms with van der Waals surface area (Å²) in [5.41, 5.74) is 15.3. The second kappa shape index (κ2) is 14.6. The number of para-hydroxylation sites is 2. The standard InChI is InChI=1S/C61H40N2S/c1-4-19-44(20-5-1)61(45-21-6-2-7-22-45)54-40-48(36-37-51(54)59-52-27-13-15-30-58(52)64-60(59)61)62(55-29-16-18-42-17-10-11-25-49(42)55)47-34-31-41(32-35-47)43-33-38-57-53(39-43)50-26-12-14-28-56(50)63(57)46-23-8-3-9-24-46/h1-40H. The third-order valence-corrected chi connectivity index (χ3v) is 14.7. The van der Waals surface area contributed by atoms with E-state index < -0.39 is 5.41 Å². The van der Waals surface area contributed by atoms with Crippen molar-refractivity contribution in [2.45, 2.75) is 5.41 Å². The largest absolute Gasteiger partial charge is 0.310 e. The first-order chi connectivity index (χ1) is 31.8. The summed E-state index contributed by atoms with van der Waals surface area (Å²) in [5.74, 6) is 0. The average molecular weight is 833 g/mol. The Bertz CT molecular complexity index is 3670. The first-order valence-electron chi connectivity index (χ1n) is 22.0. The molecule has 10 aromatic carbocycles. The molecule has 0 fully saturated rings. The SMILES string of the molecule is c1ccc(-n2c3ccccc3c3cc(-c4ccc(N(c5ccc6c(c5)C(c5ccccc5)(c5ccccc5)c5sc7ccccc7c5-6)c5cccc6ccccc56)cc4)ccc32)cc1. The number of rotatable bonds is 7. The van der Waals surface area contributed by atoms with Crippen molar-refractivity contribution in [1.82, 2.24) is 4.57 Å². The molecule has 0 saturated heterocycles. The van der Waals surface area contributed by atoms with Crippen LogP contribution in [0, 0.1) is 0 Å². The van der Waals surface area contributed by atoms with Crippen LogP contribution in [-0.4, -0.2) is 4.57 Å². The van der Waals surface area contributed by atoms with Gasteiger partial charge in [0.25, 0.3) is 0 Å². The molecule has 2 aromatic heterocycles. The minimum atomic E-state index is -0.510. The van der Waals surface area contributed by atoms with Crippen molar-refractivity contribution < 1.29 is 0 Å². The molecular weight excluding hydrogens is 793 g/mol. The van der Waals surface area contributed by atoms with Gasteiger partial charge in [0.05, 0.1) is 22.1 Å². The fourth-order valence-electron chi connectivity index (χ4n) is 10.7. The van der Waals surface area contributed by atoms with E-state index in [0.717, 1.165) is 17.1 Å². The van der Waals surface area contributed by atoms with Gasteiger partial charge in [0.2, 0.25) is 0 Å². The Morgan fingerprint density at radius 3 is 1.77 bits per heavy atom. The molecule has 0 saturated carbocycles. The van der Waals surface area contributed by atoms with E-state index >= 15 is 0 Å². The molecular formula is C61H40N2S. The van der Waals surface area contributed by atoms with Gasteiger partial charge in [-0.15, -0.1) is 11.3 Å². The Hall–Kier alpha value is -7.98. The number of nitrogens with zero attached hydrogens (tertiary/aromatic N) is 2. The zero-order valence-corrected chi connectivity index (χ0v) is 35.7. The van der Waals surface area contributed by atoms with E-state index in [-0.39, 0.29) is 0 Å². The van der Waals surface area contributed by atoms with Crippen LogP contribution in [-0.2, 0) is 5.41 Å². The highest BCUT2D eigenvalue weighted by molar-refractivity contribution is 7.20. The molecule has 64 heavy (non-hydrogen) atoms. The summed E-state index contributed by atoms with van der Waals surface area (Å²) in [6, 6.07) is 89.4. The minimum absolute atomic E-state index is 0.510. The molecule has 300 valence electrons. The highest BCUT2D eigenvalue weighted by atomic mass is 32.1. The summed E-state index contributed by atoms with van der Waals surface area (Å²) in [4.78, 5) is 3.84. The zero-order valence-electron chi connectivity index (χ0n) is 34.9. The topological polar surface area (TPSA) is 8.17 Å². The minimum Gasteiger partial charge on any atom is -0.310 e. The van der Waals surface area contributed by atoms with Crippen molar-refractivity contribution in [3.63, 3.8) is 0 Å². The second-order valence-corrected chi connectivity index (χ2v) is 17.9. The monoisotopic (exact) mass is 832 g/mol. The van der Waals surface area contributed by atoms with Crippen LogP contribution in [0.25, 0.3) is 70.6 Å². The molecule has 0 bridgehead atoms. The Morgan fingerprint density at radius 2 is 1.00 bits per heavy atom. The van der Waals surface area contributed by atoms with Gasteiger partial charge in [0.1, 0.15) is 0 Å². The van der Waals surface area contributed by atoms with Crippen molar-refractivity contribution in [1.29, 1.82) is 0 Å². The van der Waals surface area contributed by atoms with E-state index in [1.54, 1.807) is 0 Å². The Balaban J connectivity index is 1.01. The van der Waals surface area contributed by atoms with E-state index in [1.165, 1.54) is 92.2 Å². The van der Waals surface area contributed by atoms with Crippen LogP contribution in [0.15, 0.2) is 243 Å². The summed E-state index contributed by atoms with van der Waals surface area (Å²) in [7, 11) is 0. The van der Waals surface area contributed by atoms with Gasteiger partial charge in [-0.3, -0.25) is 0 Å². The van der Waals surface area contributed by atoms with Gasteiger partial charge in [-0.1, -0.05) is 176 Å². The van der Waals surface area contributed by atoms with Gasteiger partial charge in [-0.25, -0.2) is 0 Å². The van der Waals surface area contributed by atoms with Crippen molar-refractivity contribution in [2.24, 2.45) is 0 Å². The first kappa shape index (κ1) is 36.7. The molecule has 2 nitrogen and oxygen atoms in total. The van der Waals surface area contributed by atoms with E-state index in [9.17, 15) is 0 Å². The third-order valence-electron chi connectivity index (χ3n) is 13.4. The molecule has 12 aromatic rings. The predicted octanol–water partition coefficient (Wildman–Crippen LogP) is 16.7. The Labute approximate surface area is 376 Å². The molecule has 1 aliphatic rings. The maximum absolute atomic E-state index is 2.49. The molecule has 0 N–H and O–H groups in total. The highest BCUT2D eigenvalue weighted by Gasteiger charge is 2.48. The summed E-state index contributed by atoms with van der Waals surface area (Å²) in [6.07, 6.45) is 0. The highest BCUT2D eigenvalue weighted by Crippen LogP contribution is 2.61. The fraction of sp³-hybridized carbons (Fsp3) is 0.0164. The average Bonchev–Trinajstić information content (AvgIpc) is 4.01. The summed E-state index contributed by atoms with van der Waals surface area (Å²) >= 11 is 1.93. The molecule has 0 amide bonds. The summed E-state index contributed by atoms with van der Waals surface area (Å²) in [5, 5.41) is 6.23. The number of fused-ring (bicyclic) bond motifs is 9. The summed E-state index contributed by atoms with van der Waals surface area (Å²) < 4.78 is 3.69. The number of benzene rings is 10. The van der Waals surface area contributed by atoms with Crippen LogP contribution in [0.4, 0.5) is 17.1 Å². The molecule has 0 spiro atoms. The lowest BCUT2D eigenvalue weighted by atomic mass is 9.70. The molecule has 0 radical (unpaired) electrons. The van der Waals surface area contributed by atoms with E-state index in [1.807, 2.05) is 11.3 Å². The van der Waals surface area contributed by atoms with Gasteiger partial charge in [0.15, 0.2) is 0 Å². The zero-order chi connectivity index (χ0) is 42.2. The smallest absolute Gasteiger partial charge is 0.0808 e. The van der Waals surface area contributed by atoms with Crippen LogP contribution >= 0.6 is 11.3 Å². The number of thiophene rings is 1. The van der Waals surface area contributed by atoms with Gasteiger partial charge in [-0.05, 0) is 105 Å². The Kier molecular flexibility index (Phi) is 8.34. The van der Waals surface area contributed by atoms with E-state index in [4.69, 9.17) is 0 Å². The van der Waals surface area contributed by atoms with Crippen LogP contribution in [0.1, 0.15) is 21.6 Å². The van der Waals surface area contributed by atoms with Crippen molar-refractivity contribution in [2.75, 3.05) is 4.90 Å². The lowest BCUT2D eigenvalue weighted by molar-refractivity contribution is 0.785. The maximum atomic E-state index is 2.49. The van der Waals surface area contributed by atoms with Gasteiger partial charge in [0, 0.05) is 53.7 Å². The van der Waals surface area contributed by atoms with Crippen molar-refractivity contribution in [3.05, 3.63) is 264 Å². The lowest BCUT2D eigenvalue weighted by Gasteiger charge is -2.34. The van der Waals surface area contributed by atoms with E-state index in [0.29, 0.717) is 0 Å². The van der Waals surface area contributed by atoms with Crippen LogP contribution in [0.2, 0.25) is 0 Å². The molecule has 0 unspecified atom stereocenters. The number of hydrogen-bond acceptors (Lipinski definition) is 2. The van der Waals surface area contributed by atoms with Gasteiger partial charge in [-0.2, -0.15) is 0 Å². The normalized spacial score (nSPS) is 12.8. The molecule has 3 heteroatoms. The molecule has 13 rings (SSSR count). The molecule has 2 heterocycles. The first-order valence-corrected chi connectivity index (χ1v) is 22.8. The number of hydrogen-bond donors (Lipinski definition) is 0.